The SMILES string of the molecule is CCC1(C(=O)C=O)CCOC1=O. The van der Waals surface area contributed by atoms with Crippen LogP contribution < -0.4 is 0 Å². The van der Waals surface area contributed by atoms with Crippen LogP contribution in [-0.4, -0.2) is 24.6 Å². The third-order valence-corrected chi connectivity index (χ3v) is 2.33. The first-order valence-corrected chi connectivity index (χ1v) is 3.84. The molecule has 1 heterocycles. The molecule has 1 rings (SSSR count). The van der Waals surface area contributed by atoms with Crippen molar-refractivity contribution in [2.45, 2.75) is 19.8 Å². The Bertz CT molecular complexity index is 233. The molecule has 1 atom stereocenters. The zero-order valence-corrected chi connectivity index (χ0v) is 6.83. The highest BCUT2D eigenvalue weighted by Crippen LogP contribution is 2.33. The molecule has 0 bridgehead atoms. The first-order valence-electron chi connectivity index (χ1n) is 3.84. The Hall–Kier alpha value is -1.19. The molecule has 66 valence electrons. The number of hydrogen-bond donors (Lipinski definition) is 0. The summed E-state index contributed by atoms with van der Waals surface area (Å²) in [5.41, 5.74) is -1.16. The quantitative estimate of drug-likeness (QED) is 0.261. The average molecular weight is 170 g/mol. The molecular weight excluding hydrogens is 160 g/mol. The third kappa shape index (κ3) is 1.03. The predicted octanol–water partition coefficient (Wildman–Crippen LogP) is 0.0977. The van der Waals surface area contributed by atoms with E-state index in [0.29, 0.717) is 12.8 Å². The maximum Gasteiger partial charge on any atom is 0.320 e. The van der Waals surface area contributed by atoms with Gasteiger partial charge in [-0.05, 0) is 6.42 Å². The molecule has 0 aromatic heterocycles. The van der Waals surface area contributed by atoms with Crippen molar-refractivity contribution in [2.24, 2.45) is 5.41 Å². The third-order valence-electron chi connectivity index (χ3n) is 2.33. The molecule has 1 unspecified atom stereocenters. The van der Waals surface area contributed by atoms with E-state index in [-0.39, 0.29) is 12.9 Å². The zero-order valence-electron chi connectivity index (χ0n) is 6.83. The number of rotatable bonds is 3. The first kappa shape index (κ1) is 8.90. The molecule has 1 fully saturated rings. The number of ether oxygens (including phenoxy) is 1. The lowest BCUT2D eigenvalue weighted by atomic mass is 9.80. The van der Waals surface area contributed by atoms with Crippen LogP contribution in [0.4, 0.5) is 0 Å². The van der Waals surface area contributed by atoms with Crippen LogP contribution in [0.3, 0.4) is 0 Å². The summed E-state index contributed by atoms with van der Waals surface area (Å²) in [4.78, 5) is 32.5. The Balaban J connectivity index is 2.96. The summed E-state index contributed by atoms with van der Waals surface area (Å²) >= 11 is 0. The molecule has 0 saturated carbocycles. The lowest BCUT2D eigenvalue weighted by Gasteiger charge is -2.16. The molecule has 0 aromatic rings. The molecule has 0 aromatic carbocycles. The molecule has 12 heavy (non-hydrogen) atoms. The van der Waals surface area contributed by atoms with Gasteiger partial charge in [-0.15, -0.1) is 0 Å². The normalized spacial score (nSPS) is 28.2. The molecule has 0 amide bonds. The number of Topliss-reactive ketones (excluding diaryl/α,β-unsaturated/α-hetero) is 1. The van der Waals surface area contributed by atoms with Gasteiger partial charge in [-0.25, -0.2) is 0 Å². The minimum absolute atomic E-state index is 0.204. The summed E-state index contributed by atoms with van der Waals surface area (Å²) in [5, 5.41) is 0. The molecule has 1 aliphatic heterocycles. The highest BCUT2D eigenvalue weighted by molar-refractivity contribution is 6.33. The minimum atomic E-state index is -1.16. The van der Waals surface area contributed by atoms with Gasteiger partial charge in [-0.3, -0.25) is 14.4 Å². The van der Waals surface area contributed by atoms with Crippen molar-refractivity contribution >= 4 is 18.0 Å². The monoisotopic (exact) mass is 170 g/mol. The fourth-order valence-corrected chi connectivity index (χ4v) is 1.39. The maximum atomic E-state index is 11.1. The standard InChI is InChI=1S/C8H10O4/c1-2-8(6(10)5-9)3-4-12-7(8)11/h5H,2-4H2,1H3. The van der Waals surface area contributed by atoms with Gasteiger partial charge in [-0.2, -0.15) is 0 Å². The number of hydrogen-bond acceptors (Lipinski definition) is 4. The van der Waals surface area contributed by atoms with Gasteiger partial charge >= 0.3 is 5.97 Å². The van der Waals surface area contributed by atoms with Gasteiger partial charge in [0.15, 0.2) is 6.29 Å². The predicted molar refractivity (Wildman–Crippen MR) is 39.4 cm³/mol. The molecule has 0 spiro atoms. The number of aldehydes is 1. The average Bonchev–Trinajstić information content (AvgIpc) is 2.46. The van der Waals surface area contributed by atoms with Gasteiger partial charge in [-0.1, -0.05) is 6.92 Å². The van der Waals surface area contributed by atoms with Crippen molar-refractivity contribution in [1.29, 1.82) is 0 Å². The summed E-state index contributed by atoms with van der Waals surface area (Å²) in [6.45, 7) is 1.94. The van der Waals surface area contributed by atoms with Gasteiger partial charge in [0.2, 0.25) is 5.78 Å². The lowest BCUT2D eigenvalue weighted by molar-refractivity contribution is -0.153. The first-order chi connectivity index (χ1) is 5.67. The Morgan fingerprint density at radius 1 is 1.75 bits per heavy atom. The summed E-state index contributed by atoms with van der Waals surface area (Å²) in [6.07, 6.45) is 0.874. The van der Waals surface area contributed by atoms with E-state index in [9.17, 15) is 14.4 Å². The molecule has 4 heteroatoms. The van der Waals surface area contributed by atoms with Crippen LogP contribution in [0, 0.1) is 5.41 Å². The van der Waals surface area contributed by atoms with E-state index in [2.05, 4.69) is 4.74 Å². The Morgan fingerprint density at radius 3 is 2.75 bits per heavy atom. The van der Waals surface area contributed by atoms with Crippen molar-refractivity contribution in [1.82, 2.24) is 0 Å². The van der Waals surface area contributed by atoms with Gasteiger partial charge in [0, 0.05) is 6.42 Å². The van der Waals surface area contributed by atoms with Gasteiger partial charge in [0.1, 0.15) is 5.41 Å². The smallest absolute Gasteiger partial charge is 0.320 e. The Kier molecular flexibility index (Phi) is 2.26. The fraction of sp³-hybridized carbons (Fsp3) is 0.625. The van der Waals surface area contributed by atoms with E-state index in [0.717, 1.165) is 0 Å². The van der Waals surface area contributed by atoms with Crippen LogP contribution in [0.5, 0.6) is 0 Å². The largest absolute Gasteiger partial charge is 0.465 e. The summed E-state index contributed by atoms with van der Waals surface area (Å²) in [7, 11) is 0. The summed E-state index contributed by atoms with van der Waals surface area (Å²) < 4.78 is 4.66. The topological polar surface area (TPSA) is 60.4 Å². The van der Waals surface area contributed by atoms with Crippen molar-refractivity contribution in [3.8, 4) is 0 Å². The Morgan fingerprint density at radius 2 is 2.42 bits per heavy atom. The van der Waals surface area contributed by atoms with Gasteiger partial charge in [0.05, 0.1) is 6.61 Å². The molecule has 0 aliphatic carbocycles. The second-order valence-electron chi connectivity index (χ2n) is 2.80. The number of ketones is 1. The lowest BCUT2D eigenvalue weighted by Crippen LogP contribution is -2.35. The van der Waals surface area contributed by atoms with Gasteiger partial charge < -0.3 is 4.74 Å². The second kappa shape index (κ2) is 3.05. The van der Waals surface area contributed by atoms with Crippen molar-refractivity contribution < 1.29 is 19.1 Å². The van der Waals surface area contributed by atoms with E-state index in [4.69, 9.17) is 0 Å². The number of carbonyl (C=O) groups is 3. The Labute approximate surface area is 69.9 Å². The van der Waals surface area contributed by atoms with E-state index in [1.54, 1.807) is 6.92 Å². The van der Waals surface area contributed by atoms with E-state index in [1.165, 1.54) is 0 Å². The summed E-state index contributed by atoms with van der Waals surface area (Å²) in [5.74, 6) is -1.21. The molecule has 1 saturated heterocycles. The van der Waals surface area contributed by atoms with Crippen molar-refractivity contribution in [3.63, 3.8) is 0 Å². The van der Waals surface area contributed by atoms with Gasteiger partial charge in [0.25, 0.3) is 0 Å². The second-order valence-corrected chi connectivity index (χ2v) is 2.80. The van der Waals surface area contributed by atoms with E-state index < -0.39 is 17.2 Å². The summed E-state index contributed by atoms with van der Waals surface area (Å²) in [6, 6.07) is 0. The zero-order chi connectivity index (χ0) is 9.19. The van der Waals surface area contributed by atoms with Crippen molar-refractivity contribution in [2.75, 3.05) is 6.61 Å². The highest BCUT2D eigenvalue weighted by atomic mass is 16.5. The van der Waals surface area contributed by atoms with Crippen LogP contribution >= 0.6 is 0 Å². The number of cyclic esters (lactones) is 1. The highest BCUT2D eigenvalue weighted by Gasteiger charge is 2.49. The molecule has 4 nitrogen and oxygen atoms in total. The number of carbonyl (C=O) groups excluding carboxylic acids is 3. The maximum absolute atomic E-state index is 11.1. The molecule has 1 aliphatic rings. The van der Waals surface area contributed by atoms with Crippen LogP contribution in [0.15, 0.2) is 0 Å². The van der Waals surface area contributed by atoms with Crippen LogP contribution in [0.1, 0.15) is 19.8 Å². The van der Waals surface area contributed by atoms with E-state index in [1.807, 2.05) is 0 Å². The van der Waals surface area contributed by atoms with E-state index >= 15 is 0 Å². The molecule has 0 N–H and O–H groups in total. The van der Waals surface area contributed by atoms with Crippen LogP contribution in [-0.2, 0) is 19.1 Å². The van der Waals surface area contributed by atoms with Crippen molar-refractivity contribution in [3.05, 3.63) is 0 Å². The fourth-order valence-electron chi connectivity index (χ4n) is 1.39. The van der Waals surface area contributed by atoms with Crippen LogP contribution in [0.25, 0.3) is 0 Å². The molecule has 0 radical (unpaired) electrons. The number of esters is 1. The van der Waals surface area contributed by atoms with Crippen LogP contribution in [0.2, 0.25) is 0 Å². The molecular formula is C8H10O4. The minimum Gasteiger partial charge on any atom is -0.465 e.